The summed E-state index contributed by atoms with van der Waals surface area (Å²) in [6.45, 7) is 0. The van der Waals surface area contributed by atoms with Crippen molar-refractivity contribution in [2.45, 2.75) is 0 Å². The van der Waals surface area contributed by atoms with E-state index in [4.69, 9.17) is 5.11 Å². The van der Waals surface area contributed by atoms with Gasteiger partial charge in [0, 0.05) is 10.6 Å². The van der Waals surface area contributed by atoms with Gasteiger partial charge in [-0.3, -0.25) is 4.57 Å². The van der Waals surface area contributed by atoms with Gasteiger partial charge in [-0.25, -0.2) is 4.79 Å². The van der Waals surface area contributed by atoms with Crippen molar-refractivity contribution in [2.24, 2.45) is 0 Å². The van der Waals surface area contributed by atoms with Gasteiger partial charge in [-0.15, -0.1) is 0 Å². The lowest BCUT2D eigenvalue weighted by atomic mass is 10.2. The smallest absolute Gasteiger partial charge is 0.335 e. The zero-order valence-corrected chi connectivity index (χ0v) is 10.2. The Bertz CT molecular complexity index is 622. The van der Waals surface area contributed by atoms with Gasteiger partial charge < -0.3 is 10.00 Å². The van der Waals surface area contributed by atoms with Crippen molar-refractivity contribution >= 4 is 23.9 Å². The molecule has 5 heteroatoms. The van der Waals surface area contributed by atoms with Crippen LogP contribution < -0.4 is 10.6 Å². The van der Waals surface area contributed by atoms with Crippen LogP contribution in [0.5, 0.6) is 0 Å². The molecule has 0 aromatic heterocycles. The molecule has 0 aliphatic heterocycles. The summed E-state index contributed by atoms with van der Waals surface area (Å²) >= 11 is 0. The number of carbonyl (C=O) groups is 1. The van der Waals surface area contributed by atoms with Gasteiger partial charge in [-0.05, 0) is 30.3 Å². The minimum atomic E-state index is -3.73. The Morgan fingerprint density at radius 3 is 2.17 bits per heavy atom. The van der Waals surface area contributed by atoms with E-state index in [1.165, 1.54) is 24.3 Å². The highest BCUT2D eigenvalue weighted by Gasteiger charge is 2.24. The molecular weight excluding hydrogens is 251 g/mol. The van der Waals surface area contributed by atoms with Gasteiger partial charge in [0.25, 0.3) is 7.37 Å². The van der Waals surface area contributed by atoms with E-state index in [9.17, 15) is 14.3 Å². The SMILES string of the molecule is O=C(O)c1cccc(P(=O)(O)c2ccccc2)c1. The van der Waals surface area contributed by atoms with Gasteiger partial charge >= 0.3 is 5.97 Å². The second-order valence-corrected chi connectivity index (χ2v) is 5.95. The highest BCUT2D eigenvalue weighted by Crippen LogP contribution is 2.37. The predicted octanol–water partition coefficient (Wildman–Crippen LogP) is 1.61. The zero-order valence-electron chi connectivity index (χ0n) is 9.35. The summed E-state index contributed by atoms with van der Waals surface area (Å²) in [6, 6.07) is 13.7. The second-order valence-electron chi connectivity index (χ2n) is 3.77. The Labute approximate surface area is 104 Å². The molecule has 0 aliphatic rings. The summed E-state index contributed by atoms with van der Waals surface area (Å²) in [5.74, 6) is -1.12. The first-order chi connectivity index (χ1) is 8.51. The van der Waals surface area contributed by atoms with Gasteiger partial charge in [0.1, 0.15) is 0 Å². The molecule has 0 heterocycles. The van der Waals surface area contributed by atoms with Gasteiger partial charge in [0.15, 0.2) is 0 Å². The lowest BCUT2D eigenvalue weighted by molar-refractivity contribution is 0.0697. The molecule has 0 bridgehead atoms. The van der Waals surface area contributed by atoms with Crippen LogP contribution >= 0.6 is 7.37 Å². The molecule has 0 radical (unpaired) electrons. The highest BCUT2D eigenvalue weighted by atomic mass is 31.2. The van der Waals surface area contributed by atoms with E-state index < -0.39 is 13.3 Å². The summed E-state index contributed by atoms with van der Waals surface area (Å²) in [5.41, 5.74) is -0.00212. The maximum Gasteiger partial charge on any atom is 0.335 e. The van der Waals surface area contributed by atoms with Crippen LogP contribution in [0.2, 0.25) is 0 Å². The van der Waals surface area contributed by atoms with E-state index in [0.29, 0.717) is 0 Å². The molecule has 0 saturated carbocycles. The molecule has 92 valence electrons. The lowest BCUT2D eigenvalue weighted by Crippen LogP contribution is -2.16. The molecule has 4 nitrogen and oxygen atoms in total. The van der Waals surface area contributed by atoms with E-state index in [0.717, 1.165) is 0 Å². The Morgan fingerprint density at radius 2 is 1.56 bits per heavy atom. The molecule has 0 fully saturated rings. The Balaban J connectivity index is 2.51. The molecule has 2 N–H and O–H groups in total. The average Bonchev–Trinajstić information content (AvgIpc) is 2.40. The fourth-order valence-electron chi connectivity index (χ4n) is 1.61. The molecule has 0 saturated heterocycles. The predicted molar refractivity (Wildman–Crippen MR) is 68.9 cm³/mol. The largest absolute Gasteiger partial charge is 0.478 e. The van der Waals surface area contributed by atoms with Gasteiger partial charge in [0.2, 0.25) is 0 Å². The number of hydrogen-bond donors (Lipinski definition) is 2. The summed E-state index contributed by atoms with van der Waals surface area (Å²) in [4.78, 5) is 21.0. The molecule has 1 atom stereocenters. The normalized spacial score (nSPS) is 13.8. The van der Waals surface area contributed by atoms with Crippen molar-refractivity contribution < 1.29 is 19.4 Å². The summed E-state index contributed by atoms with van der Waals surface area (Å²) in [7, 11) is -3.73. The maximum absolute atomic E-state index is 12.4. The number of hydrogen-bond acceptors (Lipinski definition) is 2. The average molecular weight is 262 g/mol. The van der Waals surface area contributed by atoms with E-state index in [1.807, 2.05) is 0 Å². The molecule has 2 aromatic carbocycles. The van der Waals surface area contributed by atoms with Gasteiger partial charge in [-0.1, -0.05) is 24.3 Å². The van der Waals surface area contributed by atoms with E-state index >= 15 is 0 Å². The van der Waals surface area contributed by atoms with Crippen LogP contribution in [0.3, 0.4) is 0 Å². The van der Waals surface area contributed by atoms with Crippen LogP contribution in [-0.4, -0.2) is 16.0 Å². The van der Waals surface area contributed by atoms with Crippen molar-refractivity contribution in [3.05, 3.63) is 60.2 Å². The number of carboxylic acid groups (broad SMARTS) is 1. The van der Waals surface area contributed by atoms with Crippen molar-refractivity contribution in [1.82, 2.24) is 0 Å². The molecule has 0 spiro atoms. The molecule has 0 amide bonds. The molecule has 1 unspecified atom stereocenters. The Kier molecular flexibility index (Phi) is 3.32. The van der Waals surface area contributed by atoms with E-state index in [1.54, 1.807) is 30.3 Å². The minimum Gasteiger partial charge on any atom is -0.478 e. The summed E-state index contributed by atoms with van der Waals surface area (Å²) in [6.07, 6.45) is 0. The molecule has 0 aliphatic carbocycles. The maximum atomic E-state index is 12.4. The monoisotopic (exact) mass is 262 g/mol. The number of benzene rings is 2. The zero-order chi connectivity index (χ0) is 13.2. The molecular formula is C13H11O4P. The first-order valence-corrected chi connectivity index (χ1v) is 6.90. The van der Waals surface area contributed by atoms with Crippen LogP contribution in [0.1, 0.15) is 10.4 Å². The standard InChI is InChI=1S/C13H11O4P/c14-13(15)10-5-4-8-12(9-10)18(16,17)11-6-2-1-3-7-11/h1-9H,(H,14,15)(H,16,17). The van der Waals surface area contributed by atoms with E-state index in [2.05, 4.69) is 0 Å². The van der Waals surface area contributed by atoms with Crippen molar-refractivity contribution in [3.63, 3.8) is 0 Å². The van der Waals surface area contributed by atoms with Crippen LogP contribution in [0.4, 0.5) is 0 Å². The van der Waals surface area contributed by atoms with Crippen LogP contribution in [0, 0.1) is 0 Å². The minimum absolute atomic E-state index is 0.00212. The third kappa shape index (κ3) is 2.35. The van der Waals surface area contributed by atoms with Gasteiger partial charge in [-0.2, -0.15) is 0 Å². The first kappa shape index (κ1) is 12.6. The second kappa shape index (κ2) is 4.77. The fraction of sp³-hybridized carbons (Fsp3) is 0. The van der Waals surface area contributed by atoms with E-state index in [-0.39, 0.29) is 16.2 Å². The third-order valence-electron chi connectivity index (χ3n) is 2.55. The van der Waals surface area contributed by atoms with Crippen molar-refractivity contribution in [1.29, 1.82) is 0 Å². The number of carboxylic acids is 1. The van der Waals surface area contributed by atoms with Crippen LogP contribution in [0.15, 0.2) is 54.6 Å². The summed E-state index contributed by atoms with van der Waals surface area (Å²) in [5, 5.41) is 9.28. The Morgan fingerprint density at radius 1 is 0.944 bits per heavy atom. The molecule has 2 rings (SSSR count). The lowest BCUT2D eigenvalue weighted by Gasteiger charge is -2.12. The first-order valence-electron chi connectivity index (χ1n) is 5.24. The fourth-order valence-corrected chi connectivity index (χ4v) is 3.08. The third-order valence-corrected chi connectivity index (χ3v) is 4.53. The molecule has 2 aromatic rings. The van der Waals surface area contributed by atoms with Crippen molar-refractivity contribution in [3.8, 4) is 0 Å². The van der Waals surface area contributed by atoms with Crippen molar-refractivity contribution in [2.75, 3.05) is 0 Å². The number of rotatable bonds is 3. The number of aromatic carboxylic acids is 1. The Hall–Kier alpha value is -1.90. The molecule has 18 heavy (non-hydrogen) atoms. The topological polar surface area (TPSA) is 74.6 Å². The summed E-state index contributed by atoms with van der Waals surface area (Å²) < 4.78 is 12.4. The quantitative estimate of drug-likeness (QED) is 0.824. The van der Waals surface area contributed by atoms with Crippen LogP contribution in [-0.2, 0) is 4.57 Å². The van der Waals surface area contributed by atoms with Gasteiger partial charge in [0.05, 0.1) is 5.56 Å². The highest BCUT2D eigenvalue weighted by molar-refractivity contribution is 7.73. The van der Waals surface area contributed by atoms with Crippen LogP contribution in [0.25, 0.3) is 0 Å².